The van der Waals surface area contributed by atoms with E-state index in [0.717, 1.165) is 24.3 Å². The molecule has 1 aromatic heterocycles. The monoisotopic (exact) mass is 602 g/mol. The van der Waals surface area contributed by atoms with Gasteiger partial charge in [-0.2, -0.15) is 17.6 Å². The maximum absolute atomic E-state index is 15.1. The van der Waals surface area contributed by atoms with Gasteiger partial charge < -0.3 is 24.5 Å². The number of rotatable bonds is 6. The molecule has 41 heavy (non-hydrogen) atoms. The molecule has 1 amide bonds. The van der Waals surface area contributed by atoms with Crippen molar-refractivity contribution >= 4 is 11.6 Å². The number of amides is 1. The van der Waals surface area contributed by atoms with Crippen molar-refractivity contribution in [3.8, 4) is 17.2 Å². The molecule has 1 aliphatic rings. The first-order chi connectivity index (χ1) is 18.9. The fourth-order valence-corrected chi connectivity index (χ4v) is 3.96. The number of aromatic nitrogens is 2. The minimum Gasteiger partial charge on any atom is -0.415 e. The number of anilines is 1. The number of carbonyl (C=O) groups is 1. The highest BCUT2D eigenvalue weighted by Gasteiger charge is 2.63. The normalized spacial score (nSPS) is 19.0. The average Bonchev–Trinajstić information content (AvgIpc) is 3.34. The molecule has 0 radical (unpaired) electrons. The minimum atomic E-state index is -5.71. The Balaban J connectivity index is 1.80. The van der Waals surface area contributed by atoms with Crippen molar-refractivity contribution in [1.82, 2.24) is 10.2 Å². The van der Waals surface area contributed by atoms with E-state index in [-0.39, 0.29) is 11.6 Å². The maximum Gasteiger partial charge on any atom is 0.573 e. The van der Waals surface area contributed by atoms with Gasteiger partial charge in [-0.05, 0) is 29.8 Å². The summed E-state index contributed by atoms with van der Waals surface area (Å²) in [6.45, 7) is -0.576. The van der Waals surface area contributed by atoms with Gasteiger partial charge in [0.15, 0.2) is 0 Å². The molecule has 222 valence electrons. The van der Waals surface area contributed by atoms with E-state index in [1.165, 1.54) is 0 Å². The van der Waals surface area contributed by atoms with E-state index in [1.807, 2.05) is 0 Å². The number of ether oxygens (including phenoxy) is 2. The van der Waals surface area contributed by atoms with Crippen LogP contribution in [0.1, 0.15) is 23.4 Å². The molecular formula is C23H16F10N4O4. The van der Waals surface area contributed by atoms with Gasteiger partial charge in [-0.25, -0.2) is 13.2 Å². The lowest BCUT2D eigenvalue weighted by molar-refractivity contribution is -0.341. The summed E-state index contributed by atoms with van der Waals surface area (Å²) in [7, 11) is 0.344. The number of alkyl halides is 9. The molecule has 8 nitrogen and oxygen atoms in total. The molecular weight excluding hydrogens is 586 g/mol. The van der Waals surface area contributed by atoms with Crippen molar-refractivity contribution in [2.24, 2.45) is 5.73 Å². The van der Waals surface area contributed by atoms with Crippen molar-refractivity contribution in [2.75, 3.05) is 12.0 Å². The Labute approximate surface area is 222 Å². The highest BCUT2D eigenvalue weighted by atomic mass is 19.4. The van der Waals surface area contributed by atoms with Crippen LogP contribution in [-0.2, 0) is 27.9 Å². The van der Waals surface area contributed by atoms with Gasteiger partial charge in [0.1, 0.15) is 11.6 Å². The van der Waals surface area contributed by atoms with Crippen LogP contribution < -0.4 is 15.4 Å². The SMILES string of the molecule is COC(F)(c1nnc(-c2cc3c(cc2F)C(F)(F)C[C@@H](N)C(=O)N3Cc2ccc(OC(F)(F)F)cc2)o1)C(F)(F)F. The molecule has 2 heterocycles. The zero-order chi connectivity index (χ0) is 30.5. The number of carbonyl (C=O) groups excluding carboxylic acids is 1. The van der Waals surface area contributed by atoms with Crippen molar-refractivity contribution < 1.29 is 62.6 Å². The maximum atomic E-state index is 15.1. The summed E-state index contributed by atoms with van der Waals surface area (Å²) in [4.78, 5) is 13.7. The molecule has 3 aromatic rings. The standard InChI is InChI=1S/C23H16F10N4O4/c1-39-21(27,22(28,29)30)19-36-35-17(40-19)12-6-16-13(7-14(12)24)20(25,26)8-15(34)18(38)37(16)9-10-2-4-11(5-3-10)41-23(31,32)33/h2-7,15H,8-9,34H2,1H3/t15-,21?/m1/s1. The summed E-state index contributed by atoms with van der Waals surface area (Å²) in [5, 5.41) is 6.07. The number of nitrogens with two attached hydrogens (primary N) is 1. The lowest BCUT2D eigenvalue weighted by atomic mass is 9.99. The molecule has 1 unspecified atom stereocenters. The number of benzene rings is 2. The highest BCUT2D eigenvalue weighted by molar-refractivity contribution is 5.99. The van der Waals surface area contributed by atoms with Crippen LogP contribution in [0.5, 0.6) is 5.75 Å². The largest absolute Gasteiger partial charge is 0.573 e. The van der Waals surface area contributed by atoms with Gasteiger partial charge in [-0.15, -0.1) is 23.4 Å². The first kappa shape index (κ1) is 30.0. The fraction of sp³-hybridized carbons (Fsp3) is 0.348. The van der Waals surface area contributed by atoms with Crippen molar-refractivity contribution in [1.29, 1.82) is 0 Å². The van der Waals surface area contributed by atoms with E-state index in [9.17, 15) is 35.5 Å². The van der Waals surface area contributed by atoms with Crippen LogP contribution in [0, 0.1) is 5.82 Å². The Morgan fingerprint density at radius 1 is 1.07 bits per heavy atom. The van der Waals surface area contributed by atoms with E-state index in [2.05, 4.69) is 24.1 Å². The smallest absolute Gasteiger partial charge is 0.415 e. The van der Waals surface area contributed by atoms with Crippen LogP contribution in [0.25, 0.3) is 11.5 Å². The third-order valence-electron chi connectivity index (χ3n) is 5.90. The number of hydrogen-bond acceptors (Lipinski definition) is 7. The molecule has 2 aromatic carbocycles. The molecule has 0 saturated heterocycles. The minimum absolute atomic E-state index is 0.0923. The number of hydrogen-bond donors (Lipinski definition) is 1. The third-order valence-corrected chi connectivity index (χ3v) is 5.90. The van der Waals surface area contributed by atoms with Crippen LogP contribution in [-0.4, -0.2) is 41.8 Å². The van der Waals surface area contributed by atoms with Gasteiger partial charge in [0, 0.05) is 19.1 Å². The average molecular weight is 602 g/mol. The molecule has 0 fully saturated rings. The number of fused-ring (bicyclic) bond motifs is 1. The van der Waals surface area contributed by atoms with E-state index in [1.54, 1.807) is 0 Å². The highest BCUT2D eigenvalue weighted by Crippen LogP contribution is 2.46. The van der Waals surface area contributed by atoms with Crippen molar-refractivity contribution in [2.45, 2.75) is 43.3 Å². The first-order valence-corrected chi connectivity index (χ1v) is 11.1. The number of methoxy groups -OCH3 is 1. The molecule has 0 saturated carbocycles. The summed E-state index contributed by atoms with van der Waals surface area (Å²) in [5.74, 6) is -14.6. The van der Waals surface area contributed by atoms with Gasteiger partial charge in [-0.1, -0.05) is 12.1 Å². The second-order valence-electron chi connectivity index (χ2n) is 8.69. The molecule has 0 spiro atoms. The lowest BCUT2D eigenvalue weighted by Gasteiger charge is -2.25. The van der Waals surface area contributed by atoms with Crippen LogP contribution >= 0.6 is 0 Å². The molecule has 4 rings (SSSR count). The zero-order valence-electron chi connectivity index (χ0n) is 20.3. The van der Waals surface area contributed by atoms with Gasteiger partial charge in [-0.3, -0.25) is 4.79 Å². The number of nitrogens with zero attached hydrogens (tertiary/aromatic N) is 3. The first-order valence-electron chi connectivity index (χ1n) is 11.1. The second-order valence-corrected chi connectivity index (χ2v) is 8.69. The fourth-order valence-electron chi connectivity index (χ4n) is 3.96. The lowest BCUT2D eigenvalue weighted by Crippen LogP contribution is -2.43. The second kappa shape index (κ2) is 10.2. The van der Waals surface area contributed by atoms with Crippen molar-refractivity contribution in [3.05, 3.63) is 59.2 Å². The third kappa shape index (κ3) is 5.79. The Kier molecular flexibility index (Phi) is 7.45. The quantitative estimate of drug-likeness (QED) is 0.374. The summed E-state index contributed by atoms with van der Waals surface area (Å²) < 4.78 is 149. The Morgan fingerprint density at radius 3 is 2.27 bits per heavy atom. The van der Waals surface area contributed by atoms with Gasteiger partial charge in [0.05, 0.1) is 23.8 Å². The van der Waals surface area contributed by atoms with Crippen molar-refractivity contribution in [3.63, 3.8) is 0 Å². The van der Waals surface area contributed by atoms with Crippen LogP contribution in [0.4, 0.5) is 49.6 Å². The Morgan fingerprint density at radius 2 is 1.71 bits per heavy atom. The predicted molar refractivity (Wildman–Crippen MR) is 116 cm³/mol. The summed E-state index contributed by atoms with van der Waals surface area (Å²) in [6.07, 6.45) is -12.0. The molecule has 18 heteroatoms. The topological polar surface area (TPSA) is 104 Å². The molecule has 2 N–H and O–H groups in total. The summed E-state index contributed by atoms with van der Waals surface area (Å²) in [6, 6.07) is 2.97. The molecule has 1 aliphatic heterocycles. The van der Waals surface area contributed by atoms with Gasteiger partial charge in [0.2, 0.25) is 5.91 Å². The predicted octanol–water partition coefficient (Wildman–Crippen LogP) is 5.46. The van der Waals surface area contributed by atoms with Gasteiger partial charge >= 0.3 is 18.4 Å². The Bertz CT molecular complexity index is 1440. The van der Waals surface area contributed by atoms with E-state index < -0.39 is 89.4 Å². The summed E-state index contributed by atoms with van der Waals surface area (Å²) in [5.41, 5.74) is 3.12. The van der Waals surface area contributed by atoms with E-state index in [0.29, 0.717) is 18.1 Å². The summed E-state index contributed by atoms with van der Waals surface area (Å²) >= 11 is 0. The van der Waals surface area contributed by atoms with Crippen LogP contribution in [0.15, 0.2) is 40.8 Å². The van der Waals surface area contributed by atoms with E-state index >= 15 is 13.2 Å². The molecule has 0 bridgehead atoms. The Hall–Kier alpha value is -3.93. The van der Waals surface area contributed by atoms with Gasteiger partial charge in [0.25, 0.3) is 17.7 Å². The molecule has 0 aliphatic carbocycles. The zero-order valence-corrected chi connectivity index (χ0v) is 20.3. The van der Waals surface area contributed by atoms with E-state index in [4.69, 9.17) is 5.73 Å². The number of halogens is 10. The van der Waals surface area contributed by atoms with Crippen LogP contribution in [0.3, 0.4) is 0 Å². The molecule has 2 atom stereocenters. The van der Waals surface area contributed by atoms with Crippen LogP contribution in [0.2, 0.25) is 0 Å².